The van der Waals surface area contributed by atoms with E-state index in [1.165, 1.54) is 40.7 Å². The van der Waals surface area contributed by atoms with Gasteiger partial charge in [0.15, 0.2) is 0 Å². The molecule has 10 nitrogen and oxygen atoms in total. The lowest BCUT2D eigenvalue weighted by molar-refractivity contribution is 0.102. The van der Waals surface area contributed by atoms with Gasteiger partial charge in [-0.25, -0.2) is 13.2 Å². The van der Waals surface area contributed by atoms with E-state index in [1.807, 2.05) is 0 Å². The molecular weight excluding hydrogens is 460 g/mol. The Morgan fingerprint density at radius 2 is 1.76 bits per heavy atom. The van der Waals surface area contributed by atoms with Crippen LogP contribution in [0.15, 0.2) is 50.9 Å². The standard InChI is InChI=1S/C23H28N4O6S/c1-5-26(6-2)34(31,32)16-10-12-20(33-8-4)19(14-16)24-21(28)15-9-11-17-18(13-15)25-23(30)27(7-3)22(17)29/h9-14H,5-8H2,1-4H3,(H,24,28)(H,25,30). The van der Waals surface area contributed by atoms with Crippen LogP contribution in [0.25, 0.3) is 10.9 Å². The van der Waals surface area contributed by atoms with Crippen molar-refractivity contribution in [2.75, 3.05) is 25.0 Å². The number of carbonyl (C=O) groups excluding carboxylic acids is 1. The number of rotatable bonds is 9. The van der Waals surface area contributed by atoms with Crippen molar-refractivity contribution in [1.29, 1.82) is 0 Å². The number of nitrogens with zero attached hydrogens (tertiary/aromatic N) is 2. The van der Waals surface area contributed by atoms with Crippen LogP contribution in [0.1, 0.15) is 38.1 Å². The van der Waals surface area contributed by atoms with Crippen LogP contribution < -0.4 is 21.3 Å². The smallest absolute Gasteiger partial charge is 0.328 e. The molecule has 2 aromatic carbocycles. The van der Waals surface area contributed by atoms with E-state index in [4.69, 9.17) is 4.74 Å². The molecule has 0 bridgehead atoms. The number of sulfonamides is 1. The lowest BCUT2D eigenvalue weighted by Gasteiger charge is -2.20. The minimum absolute atomic E-state index is 0.0258. The van der Waals surface area contributed by atoms with Crippen LogP contribution in [-0.2, 0) is 16.6 Å². The summed E-state index contributed by atoms with van der Waals surface area (Å²) < 4.78 is 33.8. The first-order valence-electron chi connectivity index (χ1n) is 11.0. The summed E-state index contributed by atoms with van der Waals surface area (Å²) in [6.07, 6.45) is 0. The van der Waals surface area contributed by atoms with Crippen LogP contribution in [0.2, 0.25) is 0 Å². The molecule has 11 heteroatoms. The predicted molar refractivity (Wildman–Crippen MR) is 130 cm³/mol. The fraction of sp³-hybridized carbons (Fsp3) is 0.348. The molecule has 0 saturated carbocycles. The van der Waals surface area contributed by atoms with E-state index in [9.17, 15) is 22.8 Å². The van der Waals surface area contributed by atoms with Gasteiger partial charge in [0.05, 0.1) is 28.1 Å². The summed E-state index contributed by atoms with van der Waals surface area (Å²) in [6.45, 7) is 8.11. The summed E-state index contributed by atoms with van der Waals surface area (Å²) in [5.74, 6) is -0.241. The Hall–Kier alpha value is -3.44. The van der Waals surface area contributed by atoms with Crippen molar-refractivity contribution in [2.45, 2.75) is 39.1 Å². The molecule has 0 aliphatic carbocycles. The number of hydrogen-bond acceptors (Lipinski definition) is 6. The number of nitrogens with one attached hydrogen (secondary N) is 2. The number of ether oxygens (including phenoxy) is 1. The third-order valence-electron chi connectivity index (χ3n) is 5.40. The number of aromatic nitrogens is 2. The van der Waals surface area contributed by atoms with Gasteiger partial charge in [0, 0.05) is 25.2 Å². The van der Waals surface area contributed by atoms with Gasteiger partial charge in [-0.15, -0.1) is 0 Å². The van der Waals surface area contributed by atoms with Crippen LogP contribution in [0.3, 0.4) is 0 Å². The maximum absolute atomic E-state index is 13.0. The fourth-order valence-corrected chi connectivity index (χ4v) is 5.12. The van der Waals surface area contributed by atoms with E-state index < -0.39 is 27.2 Å². The zero-order chi connectivity index (χ0) is 25.0. The van der Waals surface area contributed by atoms with Gasteiger partial charge < -0.3 is 15.0 Å². The number of hydrogen-bond donors (Lipinski definition) is 2. The SMILES string of the molecule is CCOc1ccc(S(=O)(=O)N(CC)CC)cc1NC(=O)c1ccc2c(=O)n(CC)c(=O)[nH]c2c1. The second-order valence-corrected chi connectivity index (χ2v) is 9.31. The maximum atomic E-state index is 13.0. The summed E-state index contributed by atoms with van der Waals surface area (Å²) in [7, 11) is -3.75. The molecule has 0 aliphatic heterocycles. The Kier molecular flexibility index (Phi) is 7.57. The lowest BCUT2D eigenvalue weighted by atomic mass is 10.1. The third kappa shape index (κ3) is 4.75. The first-order chi connectivity index (χ1) is 16.2. The molecule has 0 saturated heterocycles. The Labute approximate surface area is 197 Å². The van der Waals surface area contributed by atoms with Crippen molar-refractivity contribution in [3.05, 3.63) is 62.8 Å². The molecule has 0 unspecified atom stereocenters. The molecule has 2 N–H and O–H groups in total. The predicted octanol–water partition coefficient (Wildman–Crippen LogP) is 2.39. The van der Waals surface area contributed by atoms with Gasteiger partial charge in [0.1, 0.15) is 5.75 Å². The second kappa shape index (κ2) is 10.2. The Morgan fingerprint density at radius 1 is 1.06 bits per heavy atom. The quantitative estimate of drug-likeness (QED) is 0.476. The largest absolute Gasteiger partial charge is 0.492 e. The summed E-state index contributed by atoms with van der Waals surface area (Å²) >= 11 is 0. The molecule has 34 heavy (non-hydrogen) atoms. The lowest BCUT2D eigenvalue weighted by Crippen LogP contribution is -2.34. The average Bonchev–Trinajstić information content (AvgIpc) is 2.80. The molecule has 0 radical (unpaired) electrons. The van der Waals surface area contributed by atoms with Crippen molar-refractivity contribution in [2.24, 2.45) is 0 Å². The van der Waals surface area contributed by atoms with Gasteiger partial charge in [0.2, 0.25) is 10.0 Å². The normalized spacial score (nSPS) is 11.7. The molecule has 3 aromatic rings. The van der Waals surface area contributed by atoms with Gasteiger partial charge in [-0.3, -0.25) is 14.2 Å². The molecule has 0 spiro atoms. The van der Waals surface area contributed by atoms with Gasteiger partial charge >= 0.3 is 5.69 Å². The number of aromatic amines is 1. The molecule has 0 aliphatic rings. The molecule has 0 atom stereocenters. The zero-order valence-electron chi connectivity index (χ0n) is 19.5. The summed E-state index contributed by atoms with van der Waals surface area (Å²) in [5.41, 5.74) is -0.409. The van der Waals surface area contributed by atoms with E-state index in [2.05, 4.69) is 10.3 Å². The number of fused-ring (bicyclic) bond motifs is 1. The number of anilines is 1. The van der Waals surface area contributed by atoms with Crippen molar-refractivity contribution >= 4 is 32.5 Å². The van der Waals surface area contributed by atoms with E-state index in [1.54, 1.807) is 27.7 Å². The highest BCUT2D eigenvalue weighted by molar-refractivity contribution is 7.89. The third-order valence-corrected chi connectivity index (χ3v) is 7.45. The minimum atomic E-state index is -3.75. The van der Waals surface area contributed by atoms with Crippen LogP contribution in [0.4, 0.5) is 5.69 Å². The Morgan fingerprint density at radius 3 is 2.38 bits per heavy atom. The van der Waals surface area contributed by atoms with E-state index in [-0.39, 0.29) is 33.6 Å². The first-order valence-corrected chi connectivity index (χ1v) is 12.5. The molecule has 1 aromatic heterocycles. The van der Waals surface area contributed by atoms with Crippen molar-refractivity contribution in [1.82, 2.24) is 13.9 Å². The van der Waals surface area contributed by atoms with Crippen LogP contribution in [0, 0.1) is 0 Å². The van der Waals surface area contributed by atoms with Gasteiger partial charge in [-0.05, 0) is 50.2 Å². The summed E-state index contributed by atoms with van der Waals surface area (Å²) in [4.78, 5) is 40.3. The molecule has 1 amide bonds. The highest BCUT2D eigenvalue weighted by Crippen LogP contribution is 2.30. The Balaban J connectivity index is 2.02. The van der Waals surface area contributed by atoms with E-state index in [0.29, 0.717) is 25.4 Å². The summed E-state index contributed by atoms with van der Waals surface area (Å²) in [6, 6.07) is 8.64. The highest BCUT2D eigenvalue weighted by atomic mass is 32.2. The molecule has 1 heterocycles. The molecule has 0 fully saturated rings. The minimum Gasteiger partial charge on any atom is -0.492 e. The summed E-state index contributed by atoms with van der Waals surface area (Å²) in [5, 5.41) is 2.97. The van der Waals surface area contributed by atoms with Crippen LogP contribution in [-0.4, -0.2) is 47.9 Å². The highest BCUT2D eigenvalue weighted by Gasteiger charge is 2.23. The average molecular weight is 489 g/mol. The molecule has 3 rings (SSSR count). The second-order valence-electron chi connectivity index (χ2n) is 7.37. The molecule has 182 valence electrons. The number of H-pyrrole nitrogens is 1. The van der Waals surface area contributed by atoms with Crippen LogP contribution >= 0.6 is 0 Å². The molecular formula is C23H28N4O6S. The number of amides is 1. The monoisotopic (exact) mass is 488 g/mol. The van der Waals surface area contributed by atoms with E-state index >= 15 is 0 Å². The van der Waals surface area contributed by atoms with E-state index in [0.717, 1.165) is 4.57 Å². The zero-order valence-corrected chi connectivity index (χ0v) is 20.4. The van der Waals surface area contributed by atoms with Crippen molar-refractivity contribution in [3.63, 3.8) is 0 Å². The van der Waals surface area contributed by atoms with Gasteiger partial charge in [-0.1, -0.05) is 13.8 Å². The Bertz CT molecular complexity index is 1440. The first kappa shape index (κ1) is 25.2. The van der Waals surface area contributed by atoms with Crippen LogP contribution in [0.5, 0.6) is 5.75 Å². The number of benzene rings is 2. The fourth-order valence-electron chi connectivity index (χ4n) is 3.64. The van der Waals surface area contributed by atoms with Gasteiger partial charge in [-0.2, -0.15) is 4.31 Å². The van der Waals surface area contributed by atoms with Crippen molar-refractivity contribution in [3.8, 4) is 5.75 Å². The van der Waals surface area contributed by atoms with Gasteiger partial charge in [0.25, 0.3) is 11.5 Å². The van der Waals surface area contributed by atoms with Crippen molar-refractivity contribution < 1.29 is 17.9 Å². The topological polar surface area (TPSA) is 131 Å². The maximum Gasteiger partial charge on any atom is 0.328 e. The number of carbonyl (C=O) groups is 1.